The van der Waals surface area contributed by atoms with Crippen LogP contribution in [0.5, 0.6) is 5.75 Å². The first-order chi connectivity index (χ1) is 7.54. The molecule has 0 saturated heterocycles. The van der Waals surface area contributed by atoms with E-state index < -0.39 is 5.82 Å². The number of halogens is 1. The maximum Gasteiger partial charge on any atom is 0.126 e. The molecule has 0 aliphatic heterocycles. The molecular formula is C12H18FNO2. The molecular weight excluding hydrogens is 209 g/mol. The molecule has 0 spiro atoms. The predicted octanol–water partition coefficient (Wildman–Crippen LogP) is 2.22. The van der Waals surface area contributed by atoms with Gasteiger partial charge in [-0.2, -0.15) is 0 Å². The van der Waals surface area contributed by atoms with Crippen molar-refractivity contribution in [1.29, 1.82) is 0 Å². The van der Waals surface area contributed by atoms with Crippen molar-refractivity contribution in [2.45, 2.75) is 26.0 Å². The van der Waals surface area contributed by atoms with Crippen molar-refractivity contribution >= 4 is 0 Å². The fourth-order valence-electron chi connectivity index (χ4n) is 1.42. The van der Waals surface area contributed by atoms with Crippen LogP contribution in [0.4, 0.5) is 4.39 Å². The quantitative estimate of drug-likeness (QED) is 0.810. The summed E-state index contributed by atoms with van der Waals surface area (Å²) < 4.78 is 17.9. The first-order valence-corrected chi connectivity index (χ1v) is 5.29. The normalized spacial score (nSPS) is 14.8. The van der Waals surface area contributed by atoms with Gasteiger partial charge < -0.3 is 15.2 Å². The van der Waals surface area contributed by atoms with Crippen molar-refractivity contribution in [2.75, 3.05) is 13.7 Å². The number of hydrogen-bond donors (Lipinski definition) is 2. The van der Waals surface area contributed by atoms with Crippen LogP contribution in [0.3, 0.4) is 0 Å². The highest BCUT2D eigenvalue weighted by molar-refractivity contribution is 5.34. The van der Waals surface area contributed by atoms with E-state index in [1.807, 2.05) is 13.8 Å². The summed E-state index contributed by atoms with van der Waals surface area (Å²) in [6.45, 7) is 4.54. The van der Waals surface area contributed by atoms with Crippen molar-refractivity contribution in [1.82, 2.24) is 5.32 Å². The molecule has 1 aromatic carbocycles. The Hall–Kier alpha value is -1.13. The fraction of sp³-hybridized carbons (Fsp3) is 0.500. The monoisotopic (exact) mass is 227 g/mol. The molecule has 2 unspecified atom stereocenters. The first kappa shape index (κ1) is 12.9. The zero-order valence-corrected chi connectivity index (χ0v) is 9.83. The molecule has 1 aromatic rings. The highest BCUT2D eigenvalue weighted by Crippen LogP contribution is 2.24. The van der Waals surface area contributed by atoms with Gasteiger partial charge in [0, 0.05) is 31.3 Å². The minimum Gasteiger partial charge on any atom is -0.508 e. The Morgan fingerprint density at radius 3 is 2.69 bits per heavy atom. The first-order valence-electron chi connectivity index (χ1n) is 5.29. The van der Waals surface area contributed by atoms with Crippen LogP contribution in [-0.4, -0.2) is 24.9 Å². The number of hydrogen-bond acceptors (Lipinski definition) is 3. The van der Waals surface area contributed by atoms with Crippen molar-refractivity contribution in [3.05, 3.63) is 29.6 Å². The molecule has 1 rings (SSSR count). The summed E-state index contributed by atoms with van der Waals surface area (Å²) in [4.78, 5) is 0. The van der Waals surface area contributed by atoms with Gasteiger partial charge in [0.05, 0.1) is 6.10 Å². The highest BCUT2D eigenvalue weighted by Gasteiger charge is 2.11. The molecule has 90 valence electrons. The highest BCUT2D eigenvalue weighted by atomic mass is 19.1. The Morgan fingerprint density at radius 1 is 1.44 bits per heavy atom. The lowest BCUT2D eigenvalue weighted by Crippen LogP contribution is -2.28. The third-order valence-electron chi connectivity index (χ3n) is 2.57. The lowest BCUT2D eigenvalue weighted by Gasteiger charge is -2.18. The van der Waals surface area contributed by atoms with Gasteiger partial charge in [0.25, 0.3) is 0 Å². The minimum atomic E-state index is -0.432. The molecule has 0 fully saturated rings. The minimum absolute atomic E-state index is 0.0231. The molecule has 0 radical (unpaired) electrons. The van der Waals surface area contributed by atoms with Gasteiger partial charge in [0.15, 0.2) is 0 Å². The third kappa shape index (κ3) is 3.47. The molecule has 2 N–H and O–H groups in total. The van der Waals surface area contributed by atoms with Gasteiger partial charge in [-0.25, -0.2) is 4.39 Å². The lowest BCUT2D eigenvalue weighted by molar-refractivity contribution is 0.115. The summed E-state index contributed by atoms with van der Waals surface area (Å²) in [5.41, 5.74) is 0.685. The van der Waals surface area contributed by atoms with Gasteiger partial charge >= 0.3 is 0 Å². The topological polar surface area (TPSA) is 41.5 Å². The molecule has 0 aliphatic carbocycles. The van der Waals surface area contributed by atoms with E-state index in [9.17, 15) is 9.50 Å². The van der Waals surface area contributed by atoms with Crippen LogP contribution in [0.15, 0.2) is 18.2 Å². The number of aromatic hydroxyl groups is 1. The average Bonchev–Trinajstić information content (AvgIpc) is 2.25. The van der Waals surface area contributed by atoms with Crippen LogP contribution in [-0.2, 0) is 4.74 Å². The molecule has 0 amide bonds. The number of rotatable bonds is 5. The number of benzene rings is 1. The number of phenols is 1. The lowest BCUT2D eigenvalue weighted by atomic mass is 10.1. The van der Waals surface area contributed by atoms with Crippen molar-refractivity contribution < 1.29 is 14.2 Å². The van der Waals surface area contributed by atoms with Gasteiger partial charge in [-0.1, -0.05) is 6.07 Å². The van der Waals surface area contributed by atoms with Crippen LogP contribution in [0.2, 0.25) is 0 Å². The van der Waals surface area contributed by atoms with Crippen molar-refractivity contribution in [3.8, 4) is 5.75 Å². The SMILES string of the molecule is COC(C)CNC(C)c1ccc(F)cc1O. The zero-order valence-electron chi connectivity index (χ0n) is 9.83. The molecule has 0 aliphatic rings. The van der Waals surface area contributed by atoms with Crippen LogP contribution >= 0.6 is 0 Å². The Bertz CT molecular complexity index is 344. The summed E-state index contributed by atoms with van der Waals surface area (Å²) in [6, 6.07) is 4.00. The zero-order chi connectivity index (χ0) is 12.1. The second-order valence-corrected chi connectivity index (χ2v) is 3.88. The number of methoxy groups -OCH3 is 1. The molecule has 0 bridgehead atoms. The van der Waals surface area contributed by atoms with E-state index in [1.165, 1.54) is 6.07 Å². The summed E-state index contributed by atoms with van der Waals surface area (Å²) >= 11 is 0. The Morgan fingerprint density at radius 2 is 2.12 bits per heavy atom. The van der Waals surface area contributed by atoms with Crippen LogP contribution in [0.25, 0.3) is 0 Å². The molecule has 0 saturated carbocycles. The molecule has 4 heteroatoms. The van der Waals surface area contributed by atoms with Crippen molar-refractivity contribution in [2.24, 2.45) is 0 Å². The molecule has 0 aromatic heterocycles. The third-order valence-corrected chi connectivity index (χ3v) is 2.57. The largest absolute Gasteiger partial charge is 0.508 e. The standard InChI is InChI=1S/C12H18FNO2/c1-8(16-3)7-14-9(2)11-5-4-10(13)6-12(11)15/h4-6,8-9,14-15H,7H2,1-3H3. The summed E-state index contributed by atoms with van der Waals surface area (Å²) in [6.07, 6.45) is 0.102. The van der Waals surface area contributed by atoms with E-state index in [0.29, 0.717) is 12.1 Å². The van der Waals surface area contributed by atoms with Crippen LogP contribution in [0, 0.1) is 5.82 Å². The molecule has 0 heterocycles. The molecule has 3 nitrogen and oxygen atoms in total. The van der Waals surface area contributed by atoms with E-state index in [0.717, 1.165) is 6.07 Å². The summed E-state index contributed by atoms with van der Waals surface area (Å²) in [5, 5.41) is 12.8. The average molecular weight is 227 g/mol. The Balaban J connectivity index is 2.62. The Labute approximate surface area is 95.2 Å². The van der Waals surface area contributed by atoms with Gasteiger partial charge in [0.2, 0.25) is 0 Å². The van der Waals surface area contributed by atoms with Gasteiger partial charge in [-0.05, 0) is 19.9 Å². The maximum atomic E-state index is 12.8. The van der Waals surface area contributed by atoms with E-state index in [4.69, 9.17) is 4.74 Å². The van der Waals surface area contributed by atoms with Crippen LogP contribution < -0.4 is 5.32 Å². The summed E-state index contributed by atoms with van der Waals surface area (Å²) in [7, 11) is 1.65. The van der Waals surface area contributed by atoms with E-state index in [2.05, 4.69) is 5.32 Å². The molecule has 2 atom stereocenters. The van der Waals surface area contributed by atoms with E-state index >= 15 is 0 Å². The fourth-order valence-corrected chi connectivity index (χ4v) is 1.42. The van der Waals surface area contributed by atoms with Crippen LogP contribution in [0.1, 0.15) is 25.5 Å². The number of phenolic OH excluding ortho intramolecular Hbond substituents is 1. The maximum absolute atomic E-state index is 12.8. The van der Waals surface area contributed by atoms with Gasteiger partial charge in [0.1, 0.15) is 11.6 Å². The number of nitrogens with one attached hydrogen (secondary N) is 1. The van der Waals surface area contributed by atoms with E-state index in [1.54, 1.807) is 13.2 Å². The second kappa shape index (κ2) is 5.82. The smallest absolute Gasteiger partial charge is 0.126 e. The van der Waals surface area contributed by atoms with Gasteiger partial charge in [-0.15, -0.1) is 0 Å². The molecule has 16 heavy (non-hydrogen) atoms. The van der Waals surface area contributed by atoms with Gasteiger partial charge in [-0.3, -0.25) is 0 Å². The second-order valence-electron chi connectivity index (χ2n) is 3.88. The van der Waals surface area contributed by atoms with Crippen molar-refractivity contribution in [3.63, 3.8) is 0 Å². The number of ether oxygens (including phenoxy) is 1. The van der Waals surface area contributed by atoms with E-state index in [-0.39, 0.29) is 17.9 Å². The predicted molar refractivity (Wildman–Crippen MR) is 61.0 cm³/mol. The Kier molecular flexibility index (Phi) is 4.71. The summed E-state index contributed by atoms with van der Waals surface area (Å²) in [5.74, 6) is -0.455.